The van der Waals surface area contributed by atoms with Gasteiger partial charge < -0.3 is 25.3 Å². The van der Waals surface area contributed by atoms with E-state index >= 15 is 0 Å². The number of furan rings is 1. The van der Waals surface area contributed by atoms with Gasteiger partial charge in [0.25, 0.3) is 5.91 Å². The average molecular weight is 370 g/mol. The fourth-order valence-corrected chi connectivity index (χ4v) is 2.94. The number of anilines is 2. The Morgan fingerprint density at radius 3 is 2.63 bits per heavy atom. The number of carbonyl (C=O) groups is 3. The summed E-state index contributed by atoms with van der Waals surface area (Å²) in [5.41, 5.74) is 1.07. The highest BCUT2D eigenvalue weighted by Crippen LogP contribution is 2.16. The van der Waals surface area contributed by atoms with Gasteiger partial charge >= 0.3 is 6.03 Å². The molecule has 1 aliphatic rings. The van der Waals surface area contributed by atoms with E-state index < -0.39 is 0 Å². The second-order valence-corrected chi connectivity index (χ2v) is 6.46. The Labute approximate surface area is 156 Å². The maximum Gasteiger partial charge on any atom is 0.319 e. The van der Waals surface area contributed by atoms with Gasteiger partial charge in [-0.1, -0.05) is 6.07 Å². The summed E-state index contributed by atoms with van der Waals surface area (Å²) in [5, 5.41) is 8.24. The van der Waals surface area contributed by atoms with Gasteiger partial charge in [-0.05, 0) is 43.7 Å². The molecule has 142 valence electrons. The van der Waals surface area contributed by atoms with Crippen molar-refractivity contribution < 1.29 is 18.8 Å². The summed E-state index contributed by atoms with van der Waals surface area (Å²) in [6.07, 6.45) is 2.87. The van der Waals surface area contributed by atoms with Gasteiger partial charge in [-0.25, -0.2) is 4.79 Å². The number of urea groups is 1. The molecule has 0 radical (unpaired) electrons. The quantitative estimate of drug-likeness (QED) is 0.727. The SMILES string of the molecule is C[C@@H](CN1CCCC1=O)NC(=O)Nc1cccc(NC(=O)c2ccco2)c1. The number of carbonyl (C=O) groups excluding carboxylic acids is 3. The van der Waals surface area contributed by atoms with Crippen LogP contribution in [0.4, 0.5) is 16.2 Å². The van der Waals surface area contributed by atoms with Crippen molar-refractivity contribution in [2.75, 3.05) is 23.7 Å². The molecule has 0 bridgehead atoms. The van der Waals surface area contributed by atoms with Crippen LogP contribution in [0.1, 0.15) is 30.3 Å². The van der Waals surface area contributed by atoms with Crippen molar-refractivity contribution in [3.63, 3.8) is 0 Å². The van der Waals surface area contributed by atoms with E-state index in [0.717, 1.165) is 13.0 Å². The molecule has 1 aromatic carbocycles. The molecule has 3 rings (SSSR count). The Morgan fingerprint density at radius 1 is 1.19 bits per heavy atom. The van der Waals surface area contributed by atoms with Crippen molar-refractivity contribution in [1.82, 2.24) is 10.2 Å². The minimum absolute atomic E-state index is 0.129. The molecule has 27 heavy (non-hydrogen) atoms. The normalized spacial score (nSPS) is 14.7. The minimum atomic E-state index is -0.372. The number of hydrogen-bond donors (Lipinski definition) is 3. The molecule has 2 heterocycles. The van der Waals surface area contributed by atoms with Crippen molar-refractivity contribution in [3.05, 3.63) is 48.4 Å². The fourth-order valence-electron chi connectivity index (χ4n) is 2.94. The van der Waals surface area contributed by atoms with Crippen molar-refractivity contribution in [2.24, 2.45) is 0 Å². The lowest BCUT2D eigenvalue weighted by Crippen LogP contribution is -2.44. The molecule has 3 N–H and O–H groups in total. The topological polar surface area (TPSA) is 104 Å². The molecule has 4 amide bonds. The fraction of sp³-hybridized carbons (Fsp3) is 0.316. The molecule has 8 heteroatoms. The van der Waals surface area contributed by atoms with E-state index in [1.165, 1.54) is 6.26 Å². The van der Waals surface area contributed by atoms with Crippen LogP contribution in [0.25, 0.3) is 0 Å². The lowest BCUT2D eigenvalue weighted by molar-refractivity contribution is -0.127. The molecule has 0 spiro atoms. The third kappa shape index (κ3) is 5.10. The van der Waals surface area contributed by atoms with E-state index in [4.69, 9.17) is 4.42 Å². The first-order chi connectivity index (χ1) is 13.0. The number of nitrogens with zero attached hydrogens (tertiary/aromatic N) is 1. The summed E-state index contributed by atoms with van der Waals surface area (Å²) in [5.74, 6) is -0.0362. The highest BCUT2D eigenvalue weighted by atomic mass is 16.3. The molecule has 1 aromatic heterocycles. The molecular weight excluding hydrogens is 348 g/mol. The first-order valence-corrected chi connectivity index (χ1v) is 8.81. The first kappa shape index (κ1) is 18.5. The Balaban J connectivity index is 1.51. The molecule has 1 atom stereocenters. The van der Waals surface area contributed by atoms with Crippen LogP contribution < -0.4 is 16.0 Å². The van der Waals surface area contributed by atoms with E-state index in [1.807, 2.05) is 6.92 Å². The van der Waals surface area contributed by atoms with Crippen LogP contribution in [-0.4, -0.2) is 41.9 Å². The molecular formula is C19H22N4O4. The van der Waals surface area contributed by atoms with Crippen LogP contribution >= 0.6 is 0 Å². The number of likely N-dealkylation sites (tertiary alicyclic amines) is 1. The summed E-state index contributed by atoms with van der Waals surface area (Å²) in [4.78, 5) is 37.6. The summed E-state index contributed by atoms with van der Waals surface area (Å²) in [6, 6.07) is 9.46. The highest BCUT2D eigenvalue weighted by Gasteiger charge is 2.22. The third-order valence-electron chi connectivity index (χ3n) is 4.17. The van der Waals surface area contributed by atoms with E-state index in [0.29, 0.717) is 24.3 Å². The highest BCUT2D eigenvalue weighted by molar-refractivity contribution is 6.02. The Hall–Kier alpha value is -3.29. The molecule has 0 saturated carbocycles. The summed E-state index contributed by atoms with van der Waals surface area (Å²) >= 11 is 0. The Kier molecular flexibility index (Phi) is 5.75. The van der Waals surface area contributed by atoms with Crippen LogP contribution in [0, 0.1) is 0 Å². The number of amides is 4. The van der Waals surface area contributed by atoms with E-state index in [2.05, 4.69) is 16.0 Å². The zero-order valence-electron chi connectivity index (χ0n) is 15.0. The van der Waals surface area contributed by atoms with Gasteiger partial charge in [0, 0.05) is 36.9 Å². The van der Waals surface area contributed by atoms with Crippen molar-refractivity contribution in [1.29, 1.82) is 0 Å². The first-order valence-electron chi connectivity index (χ1n) is 8.81. The van der Waals surface area contributed by atoms with Gasteiger partial charge in [0.05, 0.1) is 6.26 Å². The van der Waals surface area contributed by atoms with Gasteiger partial charge in [0.1, 0.15) is 0 Å². The van der Waals surface area contributed by atoms with Gasteiger partial charge in [-0.2, -0.15) is 0 Å². The van der Waals surface area contributed by atoms with Gasteiger partial charge in [-0.3, -0.25) is 9.59 Å². The number of nitrogens with one attached hydrogen (secondary N) is 3. The average Bonchev–Trinajstić information content (AvgIpc) is 3.27. The maximum absolute atomic E-state index is 12.2. The molecule has 2 aromatic rings. The molecule has 1 saturated heterocycles. The largest absolute Gasteiger partial charge is 0.459 e. The summed E-state index contributed by atoms with van der Waals surface area (Å²) in [7, 11) is 0. The summed E-state index contributed by atoms with van der Waals surface area (Å²) < 4.78 is 5.05. The van der Waals surface area contributed by atoms with E-state index in [-0.39, 0.29) is 29.6 Å². The van der Waals surface area contributed by atoms with E-state index in [1.54, 1.807) is 41.3 Å². The predicted octanol–water partition coefficient (Wildman–Crippen LogP) is 2.66. The van der Waals surface area contributed by atoms with Crippen molar-refractivity contribution >= 4 is 29.2 Å². The second kappa shape index (κ2) is 8.39. The molecule has 1 fully saturated rings. The second-order valence-electron chi connectivity index (χ2n) is 6.46. The van der Waals surface area contributed by atoms with Crippen LogP contribution in [0.2, 0.25) is 0 Å². The lowest BCUT2D eigenvalue weighted by atomic mass is 10.2. The van der Waals surface area contributed by atoms with Gasteiger partial charge in [0.15, 0.2) is 5.76 Å². The smallest absolute Gasteiger partial charge is 0.319 e. The monoisotopic (exact) mass is 370 g/mol. The van der Waals surface area contributed by atoms with Crippen LogP contribution in [-0.2, 0) is 4.79 Å². The number of hydrogen-bond acceptors (Lipinski definition) is 4. The van der Waals surface area contributed by atoms with Gasteiger partial charge in [0.2, 0.25) is 5.91 Å². The molecule has 0 aliphatic carbocycles. The number of rotatable bonds is 6. The minimum Gasteiger partial charge on any atom is -0.459 e. The maximum atomic E-state index is 12.2. The molecule has 1 aliphatic heterocycles. The lowest BCUT2D eigenvalue weighted by Gasteiger charge is -2.21. The van der Waals surface area contributed by atoms with Crippen molar-refractivity contribution in [3.8, 4) is 0 Å². The van der Waals surface area contributed by atoms with Crippen LogP contribution in [0.5, 0.6) is 0 Å². The summed E-state index contributed by atoms with van der Waals surface area (Å²) in [6.45, 7) is 3.08. The third-order valence-corrected chi connectivity index (χ3v) is 4.17. The van der Waals surface area contributed by atoms with Crippen LogP contribution in [0.15, 0.2) is 47.1 Å². The standard InChI is InChI=1S/C19H22N4O4/c1-13(12-23-9-3-8-17(23)24)20-19(26)22-15-6-2-5-14(11-15)21-18(25)16-7-4-10-27-16/h2,4-7,10-11,13H,3,8-9,12H2,1H3,(H,21,25)(H2,20,22,26)/t13-/m0/s1. The molecule has 0 unspecified atom stereocenters. The number of benzene rings is 1. The van der Waals surface area contributed by atoms with Crippen molar-refractivity contribution in [2.45, 2.75) is 25.8 Å². The van der Waals surface area contributed by atoms with Gasteiger partial charge in [-0.15, -0.1) is 0 Å². The zero-order chi connectivity index (χ0) is 19.2. The predicted molar refractivity (Wildman–Crippen MR) is 101 cm³/mol. The zero-order valence-corrected chi connectivity index (χ0v) is 15.0. The Morgan fingerprint density at radius 2 is 1.96 bits per heavy atom. The molecule has 8 nitrogen and oxygen atoms in total. The Bertz CT molecular complexity index is 819. The van der Waals surface area contributed by atoms with E-state index in [9.17, 15) is 14.4 Å². The van der Waals surface area contributed by atoms with Crippen LogP contribution in [0.3, 0.4) is 0 Å².